The number of rotatable bonds is 4. The fourth-order valence-corrected chi connectivity index (χ4v) is 4.48. The first-order valence-corrected chi connectivity index (χ1v) is 10.0. The summed E-state index contributed by atoms with van der Waals surface area (Å²) in [6, 6.07) is 1.90. The predicted molar refractivity (Wildman–Crippen MR) is 99.9 cm³/mol. The molecule has 2 aromatic heterocycles. The van der Waals surface area contributed by atoms with Crippen LogP contribution in [0.25, 0.3) is 0 Å². The minimum atomic E-state index is 0.0860. The molecule has 3 heterocycles. The van der Waals surface area contributed by atoms with Crippen LogP contribution in [0.3, 0.4) is 0 Å². The Labute approximate surface area is 155 Å². The highest BCUT2D eigenvalue weighted by molar-refractivity contribution is 5.92. The summed E-state index contributed by atoms with van der Waals surface area (Å²) in [7, 11) is 0. The van der Waals surface area contributed by atoms with Gasteiger partial charge in [-0.05, 0) is 32.3 Å². The Morgan fingerprint density at radius 2 is 2.12 bits per heavy atom. The maximum absolute atomic E-state index is 13.1. The molecule has 140 valence electrons. The van der Waals surface area contributed by atoms with E-state index in [1.54, 1.807) is 0 Å². The van der Waals surface area contributed by atoms with Gasteiger partial charge in [-0.3, -0.25) is 14.6 Å². The molecular weight excluding hydrogens is 326 g/mol. The molecule has 1 amide bonds. The average Bonchev–Trinajstić information content (AvgIpc) is 3.25. The fourth-order valence-electron chi connectivity index (χ4n) is 4.48. The molecule has 4 rings (SSSR count). The van der Waals surface area contributed by atoms with Gasteiger partial charge in [-0.25, -0.2) is 0 Å². The first kappa shape index (κ1) is 17.3. The lowest BCUT2D eigenvalue weighted by Crippen LogP contribution is -2.37. The number of carbonyl (C=O) groups excluding carboxylic acids is 1. The molecule has 0 bridgehead atoms. The second-order valence-corrected chi connectivity index (χ2v) is 7.80. The molecule has 0 atom stereocenters. The van der Waals surface area contributed by atoms with Crippen molar-refractivity contribution in [2.24, 2.45) is 5.92 Å². The highest BCUT2D eigenvalue weighted by atomic mass is 16.2. The van der Waals surface area contributed by atoms with E-state index >= 15 is 0 Å². The molecule has 1 N–H and O–H groups in total. The molecule has 1 aliphatic carbocycles. The highest BCUT2D eigenvalue weighted by Gasteiger charge is 2.28. The van der Waals surface area contributed by atoms with E-state index in [1.807, 2.05) is 29.5 Å². The van der Waals surface area contributed by atoms with Crippen molar-refractivity contribution in [1.82, 2.24) is 24.9 Å². The molecule has 1 fully saturated rings. The van der Waals surface area contributed by atoms with Crippen LogP contribution in [0, 0.1) is 12.8 Å². The molecule has 26 heavy (non-hydrogen) atoms. The maximum Gasteiger partial charge on any atom is 0.272 e. The van der Waals surface area contributed by atoms with Gasteiger partial charge in [0.1, 0.15) is 5.69 Å². The monoisotopic (exact) mass is 355 g/mol. The third-order valence-corrected chi connectivity index (χ3v) is 5.93. The number of hydrogen-bond acceptors (Lipinski definition) is 3. The van der Waals surface area contributed by atoms with Gasteiger partial charge < -0.3 is 4.90 Å². The number of aromatic nitrogens is 4. The zero-order valence-corrected chi connectivity index (χ0v) is 15.9. The Balaban J connectivity index is 1.51. The Morgan fingerprint density at radius 3 is 2.88 bits per heavy atom. The summed E-state index contributed by atoms with van der Waals surface area (Å²) in [5, 5.41) is 12.3. The van der Waals surface area contributed by atoms with Crippen LogP contribution in [-0.2, 0) is 25.9 Å². The Hall–Kier alpha value is -2.11. The van der Waals surface area contributed by atoms with Gasteiger partial charge in [0.05, 0.1) is 11.4 Å². The summed E-state index contributed by atoms with van der Waals surface area (Å²) in [6.07, 6.45) is 8.63. The fraction of sp³-hybridized carbons (Fsp3) is 0.650. The number of carbonyl (C=O) groups is 1. The zero-order chi connectivity index (χ0) is 18.1. The van der Waals surface area contributed by atoms with E-state index < -0.39 is 0 Å². The van der Waals surface area contributed by atoms with E-state index in [0.29, 0.717) is 18.8 Å². The quantitative estimate of drug-likeness (QED) is 0.915. The standard InChI is InChI=1S/C20H29N5O/c1-3-25-19(11-14(2)23-25)20(26)24-10-9-17-16(13-24)18(22-21-17)12-15-7-5-4-6-8-15/h11,15H,3-10,12-13H2,1-2H3,(H,21,22). The average molecular weight is 355 g/mol. The molecule has 1 aliphatic heterocycles. The van der Waals surface area contributed by atoms with Gasteiger partial charge in [-0.1, -0.05) is 32.1 Å². The number of nitrogens with one attached hydrogen (secondary N) is 1. The van der Waals surface area contributed by atoms with Crippen molar-refractivity contribution in [3.8, 4) is 0 Å². The lowest BCUT2D eigenvalue weighted by molar-refractivity contribution is 0.0721. The topological polar surface area (TPSA) is 66.8 Å². The second-order valence-electron chi connectivity index (χ2n) is 7.80. The number of nitrogens with zero attached hydrogens (tertiary/aromatic N) is 4. The van der Waals surface area contributed by atoms with Gasteiger partial charge in [-0.15, -0.1) is 0 Å². The zero-order valence-electron chi connectivity index (χ0n) is 15.9. The molecule has 6 heteroatoms. The van der Waals surface area contributed by atoms with Gasteiger partial charge in [0, 0.05) is 37.3 Å². The van der Waals surface area contributed by atoms with Crippen molar-refractivity contribution >= 4 is 5.91 Å². The van der Waals surface area contributed by atoms with E-state index in [1.165, 1.54) is 49.1 Å². The van der Waals surface area contributed by atoms with E-state index in [0.717, 1.165) is 31.0 Å². The van der Waals surface area contributed by atoms with E-state index in [4.69, 9.17) is 0 Å². The second kappa shape index (κ2) is 7.25. The van der Waals surface area contributed by atoms with E-state index in [9.17, 15) is 4.79 Å². The first-order valence-electron chi connectivity index (χ1n) is 10.0. The molecular formula is C20H29N5O. The van der Waals surface area contributed by atoms with E-state index in [2.05, 4.69) is 15.3 Å². The lowest BCUT2D eigenvalue weighted by Gasteiger charge is -2.28. The molecule has 1 saturated carbocycles. The van der Waals surface area contributed by atoms with Crippen LogP contribution < -0.4 is 0 Å². The normalized spacial score (nSPS) is 18.2. The van der Waals surface area contributed by atoms with Gasteiger partial charge in [-0.2, -0.15) is 10.2 Å². The number of aromatic amines is 1. The predicted octanol–water partition coefficient (Wildman–Crippen LogP) is 3.26. The van der Waals surface area contributed by atoms with Crippen molar-refractivity contribution in [2.45, 2.75) is 71.9 Å². The van der Waals surface area contributed by atoms with Crippen LogP contribution in [0.1, 0.15) is 72.2 Å². The van der Waals surface area contributed by atoms with Crippen LogP contribution in [-0.4, -0.2) is 37.3 Å². The summed E-state index contributed by atoms with van der Waals surface area (Å²) < 4.78 is 1.81. The summed E-state index contributed by atoms with van der Waals surface area (Å²) in [6.45, 7) is 6.09. The highest BCUT2D eigenvalue weighted by Crippen LogP contribution is 2.29. The van der Waals surface area contributed by atoms with E-state index in [-0.39, 0.29) is 5.91 Å². The SMILES string of the molecule is CCn1nc(C)cc1C(=O)N1CCc2[nH]nc(CC3CCCCC3)c2C1. The number of H-pyrrole nitrogens is 1. The summed E-state index contributed by atoms with van der Waals surface area (Å²) in [4.78, 5) is 15.0. The number of hydrogen-bond donors (Lipinski definition) is 1. The summed E-state index contributed by atoms with van der Waals surface area (Å²) in [5.41, 5.74) is 5.26. The van der Waals surface area contributed by atoms with Crippen LogP contribution in [0.4, 0.5) is 0 Å². The smallest absolute Gasteiger partial charge is 0.272 e. The molecule has 0 saturated heterocycles. The molecule has 6 nitrogen and oxygen atoms in total. The largest absolute Gasteiger partial charge is 0.332 e. The van der Waals surface area contributed by atoms with Crippen molar-refractivity contribution in [3.05, 3.63) is 34.4 Å². The number of amides is 1. The molecule has 0 radical (unpaired) electrons. The molecule has 0 spiro atoms. The summed E-state index contributed by atoms with van der Waals surface area (Å²) >= 11 is 0. The van der Waals surface area contributed by atoms with Gasteiger partial charge in [0.25, 0.3) is 5.91 Å². The maximum atomic E-state index is 13.1. The Bertz CT molecular complexity index is 784. The van der Waals surface area contributed by atoms with Crippen LogP contribution >= 0.6 is 0 Å². The number of fused-ring (bicyclic) bond motifs is 1. The number of aryl methyl sites for hydroxylation is 2. The minimum absolute atomic E-state index is 0.0860. The van der Waals surface area contributed by atoms with Crippen LogP contribution in [0.5, 0.6) is 0 Å². The van der Waals surface area contributed by atoms with Crippen molar-refractivity contribution in [2.75, 3.05) is 6.54 Å². The third-order valence-electron chi connectivity index (χ3n) is 5.93. The van der Waals surface area contributed by atoms with Gasteiger partial charge >= 0.3 is 0 Å². The minimum Gasteiger partial charge on any atom is -0.332 e. The van der Waals surface area contributed by atoms with Crippen molar-refractivity contribution in [1.29, 1.82) is 0 Å². The van der Waals surface area contributed by atoms with Gasteiger partial charge in [0.2, 0.25) is 0 Å². The summed E-state index contributed by atoms with van der Waals surface area (Å²) in [5.74, 6) is 0.842. The Kier molecular flexibility index (Phi) is 4.83. The van der Waals surface area contributed by atoms with Crippen molar-refractivity contribution in [3.63, 3.8) is 0 Å². The molecule has 2 aromatic rings. The Morgan fingerprint density at radius 1 is 1.31 bits per heavy atom. The van der Waals surface area contributed by atoms with Crippen molar-refractivity contribution < 1.29 is 4.79 Å². The van der Waals surface area contributed by atoms with Crippen LogP contribution in [0.15, 0.2) is 6.07 Å². The lowest BCUT2D eigenvalue weighted by atomic mass is 9.85. The first-order chi connectivity index (χ1) is 12.7. The van der Waals surface area contributed by atoms with Gasteiger partial charge in [0.15, 0.2) is 0 Å². The third kappa shape index (κ3) is 3.29. The molecule has 2 aliphatic rings. The molecule has 0 aromatic carbocycles. The molecule has 0 unspecified atom stereocenters. The van der Waals surface area contributed by atoms with Crippen LogP contribution in [0.2, 0.25) is 0 Å².